The van der Waals surface area contributed by atoms with Crippen molar-refractivity contribution in [2.45, 2.75) is 11.1 Å². The van der Waals surface area contributed by atoms with Crippen LogP contribution in [0, 0.1) is 0 Å². The Morgan fingerprint density at radius 3 is 2.48 bits per heavy atom. The van der Waals surface area contributed by atoms with E-state index in [1.807, 2.05) is 0 Å². The number of carbonyl (C=O) groups is 1. The zero-order valence-corrected chi connectivity index (χ0v) is 17.6. The molecule has 33 heavy (non-hydrogen) atoms. The number of aliphatic carboxylic acids is 1. The quantitative estimate of drug-likeness (QED) is 0.404. The summed E-state index contributed by atoms with van der Waals surface area (Å²) in [5.41, 5.74) is 2.84. The molecule has 0 bridgehead atoms. The molecular formula is C20H15F3N4O5S. The van der Waals surface area contributed by atoms with Crippen molar-refractivity contribution in [2.24, 2.45) is 10.7 Å². The number of hydrogen-bond acceptors (Lipinski definition) is 8. The lowest BCUT2D eigenvalue weighted by molar-refractivity contribution is -0.137. The molecule has 0 saturated carbocycles. The number of nitrogens with two attached hydrogens (primary N) is 1. The molecule has 0 aliphatic heterocycles. The van der Waals surface area contributed by atoms with Crippen molar-refractivity contribution in [3.63, 3.8) is 0 Å². The summed E-state index contributed by atoms with van der Waals surface area (Å²) in [5.74, 6) is -2.15. The molecule has 9 nitrogen and oxygen atoms in total. The average Bonchev–Trinajstić information content (AvgIpc) is 3.22. The van der Waals surface area contributed by atoms with Gasteiger partial charge in [0.05, 0.1) is 16.1 Å². The van der Waals surface area contributed by atoms with Crippen molar-refractivity contribution in [3.8, 4) is 11.5 Å². The van der Waals surface area contributed by atoms with Crippen LogP contribution in [-0.2, 0) is 20.8 Å². The molecule has 3 rings (SSSR count). The van der Waals surface area contributed by atoms with Crippen LogP contribution in [0.2, 0.25) is 0 Å². The second kappa shape index (κ2) is 8.86. The molecule has 2 aromatic carbocycles. The minimum absolute atomic E-state index is 0.0252. The predicted molar refractivity (Wildman–Crippen MR) is 110 cm³/mol. The van der Waals surface area contributed by atoms with E-state index in [2.05, 4.69) is 15.2 Å². The highest BCUT2D eigenvalue weighted by Crippen LogP contribution is 2.36. The maximum Gasteiger partial charge on any atom is 0.418 e. The van der Waals surface area contributed by atoms with Crippen LogP contribution in [0.3, 0.4) is 0 Å². The number of halogens is 3. The number of allylic oxidation sites excluding steroid dienone is 1. The van der Waals surface area contributed by atoms with E-state index < -0.39 is 50.5 Å². The zero-order chi connectivity index (χ0) is 24.4. The number of nitrogens with zero attached hydrogens (tertiary/aromatic N) is 3. The van der Waals surface area contributed by atoms with Crippen molar-refractivity contribution in [2.75, 3.05) is 6.26 Å². The van der Waals surface area contributed by atoms with Crippen LogP contribution in [0.15, 0.2) is 74.6 Å². The van der Waals surface area contributed by atoms with Crippen LogP contribution in [0.5, 0.6) is 0 Å². The number of para-hydroxylation sites is 1. The highest BCUT2D eigenvalue weighted by molar-refractivity contribution is 7.90. The van der Waals surface area contributed by atoms with Gasteiger partial charge in [-0.15, -0.1) is 10.2 Å². The van der Waals surface area contributed by atoms with E-state index in [0.717, 1.165) is 24.5 Å². The fourth-order valence-corrected chi connectivity index (χ4v) is 3.26. The molecule has 0 atom stereocenters. The average molecular weight is 480 g/mol. The fourth-order valence-electron chi connectivity index (χ4n) is 2.59. The molecule has 172 valence electrons. The molecule has 0 fully saturated rings. The van der Waals surface area contributed by atoms with Gasteiger partial charge < -0.3 is 15.3 Å². The van der Waals surface area contributed by atoms with Crippen LogP contribution >= 0.6 is 0 Å². The van der Waals surface area contributed by atoms with Gasteiger partial charge in [-0.1, -0.05) is 18.2 Å². The lowest BCUT2D eigenvalue weighted by atomic mass is 10.1. The lowest BCUT2D eigenvalue weighted by Crippen LogP contribution is -2.13. The standard InChI is InChI=1S/C20H15F3N4O5S/c1-33(30,31)12-6-4-5-11(9-12)17-26-27-18(32-17)16(10-14(24)19(28)29)25-15-8-3-2-7-13(15)20(21,22)23/h2-10H,24H2,1H3,(H,28,29). The molecule has 0 aliphatic carbocycles. The van der Waals surface area contributed by atoms with Gasteiger partial charge in [0.25, 0.3) is 5.89 Å². The second-order valence-corrected chi connectivity index (χ2v) is 8.64. The first kappa shape index (κ1) is 23.7. The van der Waals surface area contributed by atoms with Crippen LogP contribution in [0.25, 0.3) is 11.5 Å². The fraction of sp³-hybridized carbons (Fsp3) is 0.100. The zero-order valence-electron chi connectivity index (χ0n) is 16.7. The van der Waals surface area contributed by atoms with E-state index in [-0.39, 0.29) is 16.3 Å². The Labute approximate surface area is 185 Å². The molecule has 0 radical (unpaired) electrons. The van der Waals surface area contributed by atoms with E-state index in [0.29, 0.717) is 0 Å². The summed E-state index contributed by atoms with van der Waals surface area (Å²) in [5, 5.41) is 16.5. The number of hydrogen-bond donors (Lipinski definition) is 2. The predicted octanol–water partition coefficient (Wildman–Crippen LogP) is 3.21. The van der Waals surface area contributed by atoms with Crippen LogP contribution in [0.4, 0.5) is 18.9 Å². The lowest BCUT2D eigenvalue weighted by Gasteiger charge is -2.09. The third-order valence-corrected chi connectivity index (χ3v) is 5.25. The summed E-state index contributed by atoms with van der Waals surface area (Å²) in [7, 11) is -3.54. The van der Waals surface area contributed by atoms with Gasteiger partial charge in [-0.25, -0.2) is 18.2 Å². The summed E-state index contributed by atoms with van der Waals surface area (Å²) in [6.45, 7) is 0. The molecule has 1 heterocycles. The number of sulfone groups is 1. The molecule has 0 saturated heterocycles. The monoisotopic (exact) mass is 480 g/mol. The molecule has 3 N–H and O–H groups in total. The van der Waals surface area contributed by atoms with E-state index in [4.69, 9.17) is 15.3 Å². The third-order valence-electron chi connectivity index (χ3n) is 4.14. The first-order chi connectivity index (χ1) is 15.4. The van der Waals surface area contributed by atoms with Gasteiger partial charge in [0.15, 0.2) is 9.84 Å². The van der Waals surface area contributed by atoms with Gasteiger partial charge in [-0.05, 0) is 36.4 Å². The summed E-state index contributed by atoms with van der Waals surface area (Å²) in [6.07, 6.45) is -2.95. The number of aliphatic imine (C=N–C) groups is 1. The maximum atomic E-state index is 13.3. The molecule has 1 aromatic heterocycles. The van der Waals surface area contributed by atoms with Gasteiger partial charge >= 0.3 is 12.1 Å². The highest BCUT2D eigenvalue weighted by Gasteiger charge is 2.33. The SMILES string of the molecule is CS(=O)(=O)c1cccc(-c2nnc(C(C=C(N)C(=O)O)=Nc3ccccc3C(F)(F)F)o2)c1. The minimum Gasteiger partial charge on any atom is -0.477 e. The van der Waals surface area contributed by atoms with E-state index in [1.165, 1.54) is 36.4 Å². The topological polar surface area (TPSA) is 149 Å². The Kier molecular flexibility index (Phi) is 6.35. The number of rotatable bonds is 6. The van der Waals surface area contributed by atoms with Gasteiger partial charge in [0.2, 0.25) is 5.89 Å². The number of benzene rings is 2. The van der Waals surface area contributed by atoms with Crippen molar-refractivity contribution >= 4 is 27.2 Å². The van der Waals surface area contributed by atoms with Crippen molar-refractivity contribution in [3.05, 3.63) is 71.8 Å². The molecule has 0 aliphatic rings. The van der Waals surface area contributed by atoms with E-state index in [9.17, 15) is 26.4 Å². The first-order valence-electron chi connectivity index (χ1n) is 8.96. The van der Waals surface area contributed by atoms with Crippen LogP contribution in [0.1, 0.15) is 11.5 Å². The summed E-state index contributed by atoms with van der Waals surface area (Å²) in [4.78, 5) is 15.0. The molecule has 13 heteroatoms. The van der Waals surface area contributed by atoms with Crippen molar-refractivity contribution in [1.29, 1.82) is 0 Å². The minimum atomic E-state index is -4.74. The molecular weight excluding hydrogens is 465 g/mol. The largest absolute Gasteiger partial charge is 0.477 e. The van der Waals surface area contributed by atoms with Crippen molar-refractivity contribution < 1.29 is 35.9 Å². The highest BCUT2D eigenvalue weighted by atomic mass is 32.2. The van der Waals surface area contributed by atoms with Gasteiger partial charge in [-0.3, -0.25) is 0 Å². The third kappa shape index (κ3) is 5.63. The number of alkyl halides is 3. The second-order valence-electron chi connectivity index (χ2n) is 6.63. The van der Waals surface area contributed by atoms with Gasteiger partial charge in [0.1, 0.15) is 11.4 Å². The number of carboxylic acids is 1. The molecule has 0 spiro atoms. The molecule has 0 amide bonds. The van der Waals surface area contributed by atoms with Crippen LogP contribution in [-0.4, -0.2) is 41.7 Å². The number of aromatic nitrogens is 2. The molecule has 0 unspecified atom stereocenters. The Hall–Kier alpha value is -4.00. The van der Waals surface area contributed by atoms with Crippen molar-refractivity contribution in [1.82, 2.24) is 10.2 Å². The van der Waals surface area contributed by atoms with Crippen LogP contribution < -0.4 is 5.73 Å². The summed E-state index contributed by atoms with van der Waals surface area (Å²) >= 11 is 0. The Morgan fingerprint density at radius 2 is 1.85 bits per heavy atom. The van der Waals surface area contributed by atoms with E-state index in [1.54, 1.807) is 0 Å². The Bertz CT molecular complexity index is 1380. The Balaban J connectivity index is 2.14. The molecule has 3 aromatic rings. The summed E-state index contributed by atoms with van der Waals surface area (Å²) < 4.78 is 69.1. The Morgan fingerprint density at radius 1 is 1.15 bits per heavy atom. The summed E-state index contributed by atoms with van der Waals surface area (Å²) in [6, 6.07) is 9.89. The smallest absolute Gasteiger partial charge is 0.418 e. The maximum absolute atomic E-state index is 13.3. The van der Waals surface area contributed by atoms with Gasteiger partial charge in [0, 0.05) is 11.8 Å². The first-order valence-corrected chi connectivity index (χ1v) is 10.8. The normalized spacial score (nSPS) is 13.2. The van der Waals surface area contributed by atoms with Gasteiger partial charge in [-0.2, -0.15) is 13.2 Å². The number of carboxylic acid groups (broad SMARTS) is 1. The van der Waals surface area contributed by atoms with E-state index >= 15 is 0 Å².